The number of rotatable bonds is 5. The number of nitrogens with zero attached hydrogens (tertiary/aromatic N) is 4. The summed E-state index contributed by atoms with van der Waals surface area (Å²) in [5.41, 5.74) is 8.49. The SMILES string of the molecule is C/C(=C/N)c1nccn(CCN2CCC(c3noc4ccccc34)CC2)c1=O. The Hall–Kier alpha value is -2.93. The first-order valence-electron chi connectivity index (χ1n) is 9.68. The Kier molecular flexibility index (Phi) is 5.25. The van der Waals surface area contributed by atoms with Crippen LogP contribution in [0.25, 0.3) is 16.5 Å². The fourth-order valence-corrected chi connectivity index (χ4v) is 3.85. The molecule has 3 heterocycles. The lowest BCUT2D eigenvalue weighted by atomic mass is 9.91. The van der Waals surface area contributed by atoms with E-state index in [0.717, 1.165) is 49.1 Å². The van der Waals surface area contributed by atoms with Gasteiger partial charge in [-0.2, -0.15) is 0 Å². The molecule has 0 unspecified atom stereocenters. The van der Waals surface area contributed by atoms with Crippen molar-refractivity contribution in [1.82, 2.24) is 19.6 Å². The monoisotopic (exact) mass is 379 g/mol. The summed E-state index contributed by atoms with van der Waals surface area (Å²) < 4.78 is 7.18. The van der Waals surface area contributed by atoms with Gasteiger partial charge in [-0.25, -0.2) is 4.98 Å². The Balaban J connectivity index is 1.37. The van der Waals surface area contributed by atoms with Gasteiger partial charge < -0.3 is 19.7 Å². The minimum absolute atomic E-state index is 0.0920. The van der Waals surface area contributed by atoms with Gasteiger partial charge >= 0.3 is 0 Å². The van der Waals surface area contributed by atoms with E-state index in [1.165, 1.54) is 6.20 Å². The Morgan fingerprint density at radius 1 is 1.29 bits per heavy atom. The maximum absolute atomic E-state index is 12.5. The molecule has 0 radical (unpaired) electrons. The molecular weight excluding hydrogens is 354 g/mol. The number of benzene rings is 1. The zero-order chi connectivity index (χ0) is 19.5. The zero-order valence-corrected chi connectivity index (χ0v) is 16.0. The number of hydrogen-bond donors (Lipinski definition) is 1. The summed E-state index contributed by atoms with van der Waals surface area (Å²) in [6, 6.07) is 8.04. The van der Waals surface area contributed by atoms with Gasteiger partial charge in [0.25, 0.3) is 5.56 Å². The molecule has 0 spiro atoms. The van der Waals surface area contributed by atoms with E-state index >= 15 is 0 Å². The molecular formula is C21H25N5O2. The van der Waals surface area contributed by atoms with Crippen LogP contribution in [0.1, 0.15) is 37.1 Å². The van der Waals surface area contributed by atoms with E-state index in [4.69, 9.17) is 10.3 Å². The highest BCUT2D eigenvalue weighted by Crippen LogP contribution is 2.32. The van der Waals surface area contributed by atoms with E-state index in [-0.39, 0.29) is 5.56 Å². The minimum Gasteiger partial charge on any atom is -0.404 e. The van der Waals surface area contributed by atoms with E-state index < -0.39 is 0 Å². The second-order valence-electron chi connectivity index (χ2n) is 7.30. The molecule has 28 heavy (non-hydrogen) atoms. The summed E-state index contributed by atoms with van der Waals surface area (Å²) in [6.45, 7) is 5.25. The highest BCUT2D eigenvalue weighted by Gasteiger charge is 2.24. The molecule has 2 N–H and O–H groups in total. The van der Waals surface area contributed by atoms with Crippen LogP contribution in [0, 0.1) is 0 Å². The van der Waals surface area contributed by atoms with E-state index in [1.807, 2.05) is 18.2 Å². The van der Waals surface area contributed by atoms with Crippen molar-refractivity contribution in [2.75, 3.05) is 19.6 Å². The summed E-state index contributed by atoms with van der Waals surface area (Å²) in [5.74, 6) is 0.424. The van der Waals surface area contributed by atoms with Crippen LogP contribution in [0.3, 0.4) is 0 Å². The van der Waals surface area contributed by atoms with E-state index in [0.29, 0.717) is 23.7 Å². The second-order valence-corrected chi connectivity index (χ2v) is 7.30. The number of likely N-dealkylation sites (tertiary alicyclic amines) is 1. The third kappa shape index (κ3) is 3.57. The van der Waals surface area contributed by atoms with E-state index in [2.05, 4.69) is 21.1 Å². The lowest BCUT2D eigenvalue weighted by Crippen LogP contribution is -2.37. The molecule has 2 aromatic heterocycles. The van der Waals surface area contributed by atoms with Crippen molar-refractivity contribution in [2.45, 2.75) is 32.2 Å². The second kappa shape index (κ2) is 7.98. The van der Waals surface area contributed by atoms with Crippen molar-refractivity contribution in [2.24, 2.45) is 5.73 Å². The maximum atomic E-state index is 12.5. The Morgan fingerprint density at radius 3 is 2.86 bits per heavy atom. The summed E-state index contributed by atoms with van der Waals surface area (Å²) in [7, 11) is 0. The van der Waals surface area contributed by atoms with Crippen molar-refractivity contribution in [1.29, 1.82) is 0 Å². The summed E-state index contributed by atoms with van der Waals surface area (Å²) in [4.78, 5) is 19.1. The fourth-order valence-electron chi connectivity index (χ4n) is 3.85. The minimum atomic E-state index is -0.0920. The number of allylic oxidation sites excluding steroid dienone is 1. The van der Waals surface area contributed by atoms with Crippen LogP contribution >= 0.6 is 0 Å². The topological polar surface area (TPSA) is 90.2 Å². The molecule has 0 saturated carbocycles. The standard InChI is InChI=1S/C21H25N5O2/c1-15(14-22)19-21(27)26(11-8-23-19)13-12-25-9-6-16(7-10-25)20-17-4-2-3-5-18(17)28-24-20/h2-5,8,11,14,16H,6-7,9-10,12-13,22H2,1H3/b15-14-. The molecule has 0 aliphatic carbocycles. The molecule has 1 aliphatic rings. The molecule has 1 aliphatic heterocycles. The van der Waals surface area contributed by atoms with Gasteiger partial charge in [0.2, 0.25) is 0 Å². The molecule has 1 aromatic carbocycles. The lowest BCUT2D eigenvalue weighted by Gasteiger charge is -2.31. The molecule has 0 amide bonds. The number of fused-ring (bicyclic) bond motifs is 1. The molecule has 0 bridgehead atoms. The smallest absolute Gasteiger partial charge is 0.276 e. The van der Waals surface area contributed by atoms with Crippen LogP contribution < -0.4 is 11.3 Å². The zero-order valence-electron chi connectivity index (χ0n) is 16.0. The van der Waals surface area contributed by atoms with Gasteiger partial charge in [0, 0.05) is 36.8 Å². The number of piperidine rings is 1. The summed E-state index contributed by atoms with van der Waals surface area (Å²) in [6.07, 6.45) is 6.91. The van der Waals surface area contributed by atoms with Crippen molar-refractivity contribution in [3.05, 3.63) is 64.6 Å². The third-order valence-electron chi connectivity index (χ3n) is 5.57. The van der Waals surface area contributed by atoms with Crippen molar-refractivity contribution < 1.29 is 4.52 Å². The van der Waals surface area contributed by atoms with Crippen LogP contribution in [0.4, 0.5) is 0 Å². The quantitative estimate of drug-likeness (QED) is 0.733. The summed E-state index contributed by atoms with van der Waals surface area (Å²) in [5, 5.41) is 5.45. The van der Waals surface area contributed by atoms with Crippen molar-refractivity contribution in [3.8, 4) is 0 Å². The molecule has 7 nitrogen and oxygen atoms in total. The number of aromatic nitrogens is 3. The van der Waals surface area contributed by atoms with Crippen LogP contribution in [0.15, 0.2) is 52.2 Å². The van der Waals surface area contributed by atoms with Crippen molar-refractivity contribution in [3.63, 3.8) is 0 Å². The first-order valence-corrected chi connectivity index (χ1v) is 9.68. The average Bonchev–Trinajstić information content (AvgIpc) is 3.17. The number of para-hydroxylation sites is 1. The molecule has 146 valence electrons. The summed E-state index contributed by atoms with van der Waals surface area (Å²) >= 11 is 0. The van der Waals surface area contributed by atoms with Gasteiger partial charge in [-0.3, -0.25) is 4.79 Å². The predicted octanol–water partition coefficient (Wildman–Crippen LogP) is 2.58. The normalized spacial score (nSPS) is 16.7. The molecule has 3 aromatic rings. The Labute approximate surface area is 163 Å². The highest BCUT2D eigenvalue weighted by atomic mass is 16.5. The fraction of sp³-hybridized carbons (Fsp3) is 0.381. The van der Waals surface area contributed by atoms with Crippen LogP contribution in [-0.2, 0) is 6.54 Å². The van der Waals surface area contributed by atoms with Crippen LogP contribution in [0.2, 0.25) is 0 Å². The molecule has 0 atom stereocenters. The van der Waals surface area contributed by atoms with E-state index in [1.54, 1.807) is 23.9 Å². The van der Waals surface area contributed by atoms with Gasteiger partial charge in [-0.05, 0) is 56.8 Å². The predicted molar refractivity (Wildman–Crippen MR) is 109 cm³/mol. The van der Waals surface area contributed by atoms with E-state index in [9.17, 15) is 4.79 Å². The maximum Gasteiger partial charge on any atom is 0.276 e. The Morgan fingerprint density at radius 2 is 2.07 bits per heavy atom. The number of nitrogens with two attached hydrogens (primary N) is 1. The molecule has 4 rings (SSSR count). The van der Waals surface area contributed by atoms with Gasteiger partial charge in [0.1, 0.15) is 5.69 Å². The van der Waals surface area contributed by atoms with Crippen LogP contribution in [0.5, 0.6) is 0 Å². The van der Waals surface area contributed by atoms with Gasteiger partial charge in [0.05, 0.1) is 5.69 Å². The van der Waals surface area contributed by atoms with Gasteiger partial charge in [0.15, 0.2) is 5.58 Å². The molecule has 1 fully saturated rings. The van der Waals surface area contributed by atoms with Crippen molar-refractivity contribution >= 4 is 16.5 Å². The lowest BCUT2D eigenvalue weighted by molar-refractivity contribution is 0.202. The highest BCUT2D eigenvalue weighted by molar-refractivity contribution is 5.79. The number of hydrogen-bond acceptors (Lipinski definition) is 6. The van der Waals surface area contributed by atoms with Gasteiger partial charge in [-0.15, -0.1) is 0 Å². The van der Waals surface area contributed by atoms with Crippen LogP contribution in [-0.4, -0.2) is 39.2 Å². The first kappa shape index (κ1) is 18.4. The first-order chi connectivity index (χ1) is 13.7. The molecule has 7 heteroatoms. The molecule has 1 saturated heterocycles. The largest absolute Gasteiger partial charge is 0.404 e. The average molecular weight is 379 g/mol. The Bertz CT molecular complexity index is 1040. The third-order valence-corrected chi connectivity index (χ3v) is 5.57. The van der Waals surface area contributed by atoms with Gasteiger partial charge in [-0.1, -0.05) is 17.3 Å².